The Bertz CT molecular complexity index is 363. The molecule has 6 heteroatoms. The fourth-order valence-electron chi connectivity index (χ4n) is 1.47. The van der Waals surface area contributed by atoms with Crippen LogP contribution in [0.15, 0.2) is 12.1 Å². The summed E-state index contributed by atoms with van der Waals surface area (Å²) in [5.74, 6) is 0. The largest absolute Gasteiger partial charge is 0.423 e. The van der Waals surface area contributed by atoms with E-state index in [2.05, 4.69) is 0 Å². The molecule has 92 valence electrons. The summed E-state index contributed by atoms with van der Waals surface area (Å²) in [5, 5.41) is 9.86. The van der Waals surface area contributed by atoms with Gasteiger partial charge in [0, 0.05) is 15.8 Å². The van der Waals surface area contributed by atoms with Crippen LogP contribution in [0.3, 0.4) is 0 Å². The number of halogens is 3. The van der Waals surface area contributed by atoms with Crippen LogP contribution in [0, 0.1) is 6.92 Å². The fraction of sp³-hybridized carbons (Fsp3) is 0.600. The van der Waals surface area contributed by atoms with E-state index in [1.54, 1.807) is 13.0 Å². The number of rotatable bonds is 3. The van der Waals surface area contributed by atoms with Crippen molar-refractivity contribution in [2.45, 2.75) is 38.1 Å². The molecule has 0 bridgehead atoms. The highest BCUT2D eigenvalue weighted by Crippen LogP contribution is 2.44. The lowest BCUT2D eigenvalue weighted by molar-refractivity contribution is -0.273. The molecule has 0 amide bonds. The van der Waals surface area contributed by atoms with Crippen LogP contribution in [0.25, 0.3) is 0 Å². The van der Waals surface area contributed by atoms with Crippen LogP contribution in [-0.2, 0) is 5.60 Å². The molecule has 1 rings (SSSR count). The van der Waals surface area contributed by atoms with Crippen LogP contribution in [0.5, 0.6) is 0 Å². The second-order valence-electron chi connectivity index (χ2n) is 3.69. The second-order valence-corrected chi connectivity index (χ2v) is 4.98. The number of aryl methyl sites for hydroxylation is 1. The molecule has 0 aliphatic heterocycles. The Morgan fingerprint density at radius 2 is 2.00 bits per heavy atom. The van der Waals surface area contributed by atoms with Crippen molar-refractivity contribution in [3.8, 4) is 0 Å². The van der Waals surface area contributed by atoms with Crippen LogP contribution in [0.2, 0.25) is 0 Å². The zero-order chi connectivity index (χ0) is 12.6. The summed E-state index contributed by atoms with van der Waals surface area (Å²) >= 11 is 0.915. The summed E-state index contributed by atoms with van der Waals surface area (Å²) in [6.45, 7) is 3.20. The molecule has 16 heavy (non-hydrogen) atoms. The lowest BCUT2D eigenvalue weighted by Crippen LogP contribution is -2.54. The number of hydrogen-bond donors (Lipinski definition) is 2. The monoisotopic (exact) mass is 253 g/mol. The number of alkyl halides is 3. The minimum absolute atomic E-state index is 0.0486. The minimum Gasteiger partial charge on any atom is -0.375 e. The van der Waals surface area contributed by atoms with Gasteiger partial charge >= 0.3 is 6.18 Å². The molecule has 0 aliphatic carbocycles. The Balaban J connectivity index is 3.25. The predicted octanol–water partition coefficient (Wildman–Crippen LogP) is 2.54. The van der Waals surface area contributed by atoms with Gasteiger partial charge in [-0.15, -0.1) is 11.3 Å². The average Bonchev–Trinajstić information content (AvgIpc) is 2.60. The first-order chi connectivity index (χ1) is 7.23. The third kappa shape index (κ3) is 2.09. The van der Waals surface area contributed by atoms with Gasteiger partial charge in [0.05, 0.1) is 0 Å². The van der Waals surface area contributed by atoms with Gasteiger partial charge in [0.2, 0.25) is 5.60 Å². The zero-order valence-electron chi connectivity index (χ0n) is 9.01. The van der Waals surface area contributed by atoms with Gasteiger partial charge in [-0.2, -0.15) is 13.2 Å². The van der Waals surface area contributed by atoms with Crippen molar-refractivity contribution >= 4 is 11.3 Å². The van der Waals surface area contributed by atoms with Crippen molar-refractivity contribution in [1.82, 2.24) is 0 Å². The normalized spacial score (nSPS) is 18.2. The quantitative estimate of drug-likeness (QED) is 0.869. The Kier molecular flexibility index (Phi) is 3.66. The number of thiophene rings is 1. The maximum atomic E-state index is 12.9. The zero-order valence-corrected chi connectivity index (χ0v) is 9.82. The van der Waals surface area contributed by atoms with E-state index in [1.807, 2.05) is 0 Å². The van der Waals surface area contributed by atoms with Gasteiger partial charge in [-0.25, -0.2) is 0 Å². The highest BCUT2D eigenvalue weighted by molar-refractivity contribution is 7.12. The molecular weight excluding hydrogens is 239 g/mol. The third-order valence-electron chi connectivity index (χ3n) is 2.52. The van der Waals surface area contributed by atoms with Crippen LogP contribution in [0.4, 0.5) is 13.2 Å². The fourth-order valence-corrected chi connectivity index (χ4v) is 2.51. The van der Waals surface area contributed by atoms with E-state index in [0.717, 1.165) is 11.3 Å². The third-order valence-corrected chi connectivity index (χ3v) is 3.65. The molecular formula is C10H14F3NOS. The van der Waals surface area contributed by atoms with Crippen LogP contribution in [0.1, 0.15) is 23.1 Å². The minimum atomic E-state index is -4.76. The van der Waals surface area contributed by atoms with Crippen molar-refractivity contribution in [3.05, 3.63) is 21.9 Å². The molecule has 0 saturated heterocycles. The topological polar surface area (TPSA) is 46.2 Å². The van der Waals surface area contributed by atoms with E-state index in [1.165, 1.54) is 13.0 Å². The lowest BCUT2D eigenvalue weighted by Gasteiger charge is -2.34. The predicted molar refractivity (Wildman–Crippen MR) is 57.3 cm³/mol. The first kappa shape index (κ1) is 13.5. The van der Waals surface area contributed by atoms with Crippen molar-refractivity contribution in [2.75, 3.05) is 0 Å². The SMILES string of the molecule is CCC(N)C(O)(c1ccc(C)s1)C(F)(F)F. The molecule has 1 aromatic rings. The summed E-state index contributed by atoms with van der Waals surface area (Å²) in [5.41, 5.74) is 2.47. The summed E-state index contributed by atoms with van der Waals surface area (Å²) < 4.78 is 38.7. The molecule has 0 spiro atoms. The van der Waals surface area contributed by atoms with E-state index >= 15 is 0 Å². The van der Waals surface area contributed by atoms with Crippen LogP contribution >= 0.6 is 11.3 Å². The van der Waals surface area contributed by atoms with Crippen molar-refractivity contribution in [3.63, 3.8) is 0 Å². The van der Waals surface area contributed by atoms with Crippen LogP contribution in [-0.4, -0.2) is 17.3 Å². The summed E-state index contributed by atoms with van der Waals surface area (Å²) in [7, 11) is 0. The summed E-state index contributed by atoms with van der Waals surface area (Å²) in [4.78, 5) is 0.563. The van der Waals surface area contributed by atoms with Gasteiger partial charge < -0.3 is 10.8 Å². The van der Waals surface area contributed by atoms with E-state index in [4.69, 9.17) is 5.73 Å². The van der Waals surface area contributed by atoms with E-state index in [0.29, 0.717) is 4.88 Å². The maximum absolute atomic E-state index is 12.9. The smallest absolute Gasteiger partial charge is 0.375 e. The number of nitrogens with two attached hydrogens (primary N) is 1. The van der Waals surface area contributed by atoms with Crippen molar-refractivity contribution in [2.24, 2.45) is 5.73 Å². The molecule has 0 radical (unpaired) electrons. The van der Waals surface area contributed by atoms with Gasteiger partial charge in [0.1, 0.15) is 0 Å². The lowest BCUT2D eigenvalue weighted by atomic mass is 9.90. The van der Waals surface area contributed by atoms with Gasteiger partial charge in [-0.3, -0.25) is 0 Å². The maximum Gasteiger partial charge on any atom is 0.423 e. The Labute approximate surface area is 95.9 Å². The summed E-state index contributed by atoms with van der Waals surface area (Å²) in [6, 6.07) is 1.47. The Morgan fingerprint density at radius 3 is 2.31 bits per heavy atom. The van der Waals surface area contributed by atoms with Gasteiger partial charge in [0.15, 0.2) is 0 Å². The molecule has 0 aliphatic rings. The van der Waals surface area contributed by atoms with E-state index < -0.39 is 17.8 Å². The highest BCUT2D eigenvalue weighted by Gasteiger charge is 2.59. The first-order valence-electron chi connectivity index (χ1n) is 4.85. The van der Waals surface area contributed by atoms with Crippen molar-refractivity contribution < 1.29 is 18.3 Å². The average molecular weight is 253 g/mol. The van der Waals surface area contributed by atoms with E-state index in [-0.39, 0.29) is 11.3 Å². The van der Waals surface area contributed by atoms with E-state index in [9.17, 15) is 18.3 Å². The molecule has 2 nitrogen and oxygen atoms in total. The Hall–Kier alpha value is -0.590. The first-order valence-corrected chi connectivity index (χ1v) is 5.66. The second kappa shape index (κ2) is 4.35. The molecule has 2 atom stereocenters. The number of aliphatic hydroxyl groups is 1. The summed E-state index contributed by atoms with van der Waals surface area (Å²) in [6.07, 6.45) is -4.72. The molecule has 3 N–H and O–H groups in total. The standard InChI is InChI=1S/C10H14F3NOS/c1-3-7(14)9(15,10(11,12)13)8-5-4-6(2)16-8/h4-5,7,15H,3,14H2,1-2H3. The number of hydrogen-bond acceptors (Lipinski definition) is 3. The molecule has 0 fully saturated rings. The van der Waals surface area contributed by atoms with Gasteiger partial charge in [0.25, 0.3) is 0 Å². The molecule has 1 aromatic heterocycles. The Morgan fingerprint density at radius 1 is 1.44 bits per heavy atom. The van der Waals surface area contributed by atoms with Gasteiger partial charge in [-0.1, -0.05) is 6.92 Å². The molecule has 1 heterocycles. The van der Waals surface area contributed by atoms with Crippen LogP contribution < -0.4 is 5.73 Å². The highest BCUT2D eigenvalue weighted by atomic mass is 32.1. The van der Waals surface area contributed by atoms with Crippen molar-refractivity contribution in [1.29, 1.82) is 0 Å². The molecule has 0 saturated carbocycles. The molecule has 0 aromatic carbocycles. The van der Waals surface area contributed by atoms with Gasteiger partial charge in [-0.05, 0) is 25.5 Å². The molecule has 2 unspecified atom stereocenters.